The fourth-order valence-corrected chi connectivity index (χ4v) is 6.63. The molecule has 6 rings (SSSR count). The Morgan fingerprint density at radius 1 is 1.05 bits per heavy atom. The van der Waals surface area contributed by atoms with E-state index in [2.05, 4.69) is 106 Å². The number of allylic oxidation sites excluding steroid dienone is 5. The van der Waals surface area contributed by atoms with Crippen molar-refractivity contribution in [1.82, 2.24) is 0 Å². The third-order valence-electron chi connectivity index (χ3n) is 7.39. The van der Waals surface area contributed by atoms with Crippen molar-refractivity contribution < 1.29 is 14.7 Å². The van der Waals surface area contributed by atoms with Crippen LogP contribution in [0.2, 0.25) is 0 Å². The topological polar surface area (TPSA) is 36.6 Å². The van der Waals surface area contributed by atoms with E-state index in [1.54, 1.807) is 0 Å². The van der Waals surface area contributed by atoms with Crippen LogP contribution in [-0.2, 0) is 17.7 Å². The standard InChI is InChI=1S/C37H28N2O2S/c1-2-3-15-32(27-41-40)38-25-23-30(33-16-7-8-17-34(33)38)21-19-29(26-28-11-5-4-6-12-28)20-22-36-39-24-10-14-31-13-9-18-35(42-36)37(31)39/h1,4-9,11-13,16-23,25,27H,10,14,24,26H2/p+1/b32-27-. The minimum absolute atomic E-state index is 0.425. The molecule has 1 aromatic heterocycles. The number of rotatable bonds is 7. The van der Waals surface area contributed by atoms with Crippen LogP contribution >= 0.6 is 11.8 Å². The van der Waals surface area contributed by atoms with Gasteiger partial charge in [0.15, 0.2) is 6.20 Å². The van der Waals surface area contributed by atoms with Gasteiger partial charge in [-0.15, -0.1) is 11.0 Å². The first-order valence-corrected chi connectivity index (χ1v) is 14.7. The summed E-state index contributed by atoms with van der Waals surface area (Å²) in [4.78, 5) is 8.13. The van der Waals surface area contributed by atoms with Crippen LogP contribution < -0.4 is 9.47 Å². The molecule has 0 bridgehead atoms. The van der Waals surface area contributed by atoms with E-state index in [1.807, 2.05) is 46.8 Å². The number of fused-ring (bicyclic) bond motifs is 1. The molecule has 42 heavy (non-hydrogen) atoms. The second-order valence-corrected chi connectivity index (χ2v) is 11.1. The maximum atomic E-state index is 9.08. The third-order valence-corrected chi connectivity index (χ3v) is 8.51. The average Bonchev–Trinajstić information content (AvgIpc) is 3.40. The molecular formula is C37H29N2O2S+. The summed E-state index contributed by atoms with van der Waals surface area (Å²) >= 11 is 1.86. The number of para-hydroxylation sites is 2. The number of aryl methyl sites for hydroxylation is 1. The van der Waals surface area contributed by atoms with Crippen molar-refractivity contribution in [3.05, 3.63) is 137 Å². The Bertz CT molecular complexity index is 1870. The largest absolute Gasteiger partial charge is 0.340 e. The zero-order valence-electron chi connectivity index (χ0n) is 23.0. The quantitative estimate of drug-likeness (QED) is 0.0624. The van der Waals surface area contributed by atoms with Crippen LogP contribution in [0.15, 0.2) is 125 Å². The Hall–Kier alpha value is -4.94. The number of hydrogen-bond donors (Lipinski definition) is 1. The van der Waals surface area contributed by atoms with Gasteiger partial charge in [0.05, 0.1) is 16.1 Å². The first-order chi connectivity index (χ1) is 20.7. The highest BCUT2D eigenvalue weighted by atomic mass is 32.2. The fraction of sp³-hybridized carbons (Fsp3) is 0.108. The van der Waals surface area contributed by atoms with Gasteiger partial charge in [-0.1, -0.05) is 84.6 Å². The molecule has 4 nitrogen and oxygen atoms in total. The highest BCUT2D eigenvalue weighted by Gasteiger charge is 2.29. The molecule has 0 saturated heterocycles. The molecule has 0 atom stereocenters. The summed E-state index contributed by atoms with van der Waals surface area (Å²) < 4.78 is 1.85. The number of pyridine rings is 1. The molecule has 0 amide bonds. The van der Waals surface area contributed by atoms with Gasteiger partial charge in [0.1, 0.15) is 0 Å². The minimum atomic E-state index is 0.425. The molecular weight excluding hydrogens is 536 g/mol. The summed E-state index contributed by atoms with van der Waals surface area (Å²) in [6.07, 6.45) is 20.4. The van der Waals surface area contributed by atoms with Crippen molar-refractivity contribution >= 4 is 40.1 Å². The van der Waals surface area contributed by atoms with Crippen LogP contribution in [0.5, 0.6) is 0 Å². The van der Waals surface area contributed by atoms with Crippen LogP contribution in [0.25, 0.3) is 22.7 Å². The van der Waals surface area contributed by atoms with Crippen LogP contribution in [0.1, 0.15) is 23.1 Å². The van der Waals surface area contributed by atoms with Crippen molar-refractivity contribution in [2.24, 2.45) is 0 Å². The number of nitrogens with zero attached hydrogens (tertiary/aromatic N) is 2. The molecule has 3 heterocycles. The van der Waals surface area contributed by atoms with E-state index < -0.39 is 0 Å². The van der Waals surface area contributed by atoms with Crippen molar-refractivity contribution in [2.45, 2.75) is 24.2 Å². The number of hydrogen-bond acceptors (Lipinski definition) is 4. The third kappa shape index (κ3) is 5.76. The lowest BCUT2D eigenvalue weighted by Crippen LogP contribution is -2.32. The lowest BCUT2D eigenvalue weighted by atomic mass is 10.0. The molecule has 0 fully saturated rings. The van der Waals surface area contributed by atoms with Crippen molar-refractivity contribution in [2.75, 3.05) is 11.4 Å². The Morgan fingerprint density at radius 2 is 1.90 bits per heavy atom. The normalized spacial score (nSPS) is 15.4. The van der Waals surface area contributed by atoms with Crippen molar-refractivity contribution in [3.63, 3.8) is 0 Å². The highest BCUT2D eigenvalue weighted by molar-refractivity contribution is 8.03. The Labute approximate surface area is 250 Å². The zero-order chi connectivity index (χ0) is 28.7. The first kappa shape index (κ1) is 27.2. The summed E-state index contributed by atoms with van der Waals surface area (Å²) in [6.45, 7) is 1.06. The number of terminal acetylenes is 1. The van der Waals surface area contributed by atoms with E-state index in [-0.39, 0.29) is 0 Å². The number of thioether (sulfide) groups is 1. The van der Waals surface area contributed by atoms with Crippen molar-refractivity contribution in [1.29, 1.82) is 0 Å². The number of anilines is 1. The summed E-state index contributed by atoms with van der Waals surface area (Å²) in [5.41, 5.74) is 7.70. The van der Waals surface area contributed by atoms with Gasteiger partial charge in [-0.3, -0.25) is 0 Å². The summed E-state index contributed by atoms with van der Waals surface area (Å²) in [7, 11) is 0. The van der Waals surface area contributed by atoms with E-state index >= 15 is 0 Å². The molecule has 2 aliphatic heterocycles. The van der Waals surface area contributed by atoms with E-state index in [9.17, 15) is 0 Å². The molecule has 1 N–H and O–H groups in total. The van der Waals surface area contributed by atoms with E-state index in [0.29, 0.717) is 5.70 Å². The lowest BCUT2D eigenvalue weighted by molar-refractivity contribution is -0.550. The maximum absolute atomic E-state index is 9.08. The molecule has 5 heteroatoms. The van der Waals surface area contributed by atoms with E-state index in [1.165, 1.54) is 45.0 Å². The monoisotopic (exact) mass is 565 g/mol. The molecule has 0 spiro atoms. The summed E-state index contributed by atoms with van der Waals surface area (Å²) in [5.74, 6) is 7.76. The summed E-state index contributed by atoms with van der Waals surface area (Å²) in [5, 5.41) is 11.4. The first-order valence-electron chi connectivity index (χ1n) is 13.9. The Balaban J connectivity index is 1.37. The number of aromatic nitrogens is 1. The highest BCUT2D eigenvalue weighted by Crippen LogP contribution is 2.49. The van der Waals surface area contributed by atoms with Gasteiger partial charge < -0.3 is 9.79 Å². The SMILES string of the molecule is C#CC#C/C(=C/OO)[n+]1ccc(/C=C/C(=C/C=C2\Sc3cccc4c3N2CCC4)Cc2ccccc2)c2ccccc21. The van der Waals surface area contributed by atoms with E-state index in [4.69, 9.17) is 11.7 Å². The molecule has 0 saturated carbocycles. The Kier molecular flexibility index (Phi) is 8.24. The zero-order valence-corrected chi connectivity index (χ0v) is 23.9. The second-order valence-electron chi connectivity index (χ2n) is 10.0. The van der Waals surface area contributed by atoms with E-state index in [0.717, 1.165) is 35.9 Å². The summed E-state index contributed by atoms with van der Waals surface area (Å²) in [6, 6.07) is 27.3. The van der Waals surface area contributed by atoms with Crippen LogP contribution in [0.4, 0.5) is 5.69 Å². The van der Waals surface area contributed by atoms with Gasteiger partial charge in [-0.25, -0.2) is 5.26 Å². The van der Waals surface area contributed by atoms with Gasteiger partial charge in [0.25, 0.3) is 0 Å². The Morgan fingerprint density at radius 3 is 2.76 bits per heavy atom. The molecule has 0 aliphatic carbocycles. The predicted octanol–water partition coefficient (Wildman–Crippen LogP) is 7.63. The predicted molar refractivity (Wildman–Crippen MR) is 172 cm³/mol. The van der Waals surface area contributed by atoms with Crippen LogP contribution in [0, 0.1) is 24.2 Å². The number of benzene rings is 3. The smallest absolute Gasteiger partial charge is 0.302 e. The van der Waals surface area contributed by atoms with Gasteiger partial charge in [-0.2, -0.15) is 0 Å². The van der Waals surface area contributed by atoms with Gasteiger partial charge >= 0.3 is 5.70 Å². The van der Waals surface area contributed by atoms with Crippen LogP contribution in [-0.4, -0.2) is 11.8 Å². The molecule has 4 aromatic rings. The van der Waals surface area contributed by atoms with Crippen molar-refractivity contribution in [3.8, 4) is 24.2 Å². The average molecular weight is 566 g/mol. The van der Waals surface area contributed by atoms with Gasteiger partial charge in [-0.05, 0) is 71.6 Å². The van der Waals surface area contributed by atoms with Gasteiger partial charge in [0.2, 0.25) is 11.8 Å². The molecule has 0 unspecified atom stereocenters. The maximum Gasteiger partial charge on any atom is 0.302 e. The molecule has 3 aromatic carbocycles. The van der Waals surface area contributed by atoms with Crippen LogP contribution in [0.3, 0.4) is 0 Å². The minimum Gasteiger partial charge on any atom is -0.340 e. The molecule has 204 valence electrons. The second kappa shape index (κ2) is 12.7. The molecule has 0 radical (unpaired) electrons. The van der Waals surface area contributed by atoms with Gasteiger partial charge in [0, 0.05) is 29.5 Å². The fourth-order valence-electron chi connectivity index (χ4n) is 5.49. The lowest BCUT2D eigenvalue weighted by Gasteiger charge is -2.27. The molecule has 2 aliphatic rings.